The normalized spacial score (nSPS) is 15.2. The number of nitrogens with zero attached hydrogens (tertiary/aromatic N) is 2. The first kappa shape index (κ1) is 16.2. The van der Waals surface area contributed by atoms with Crippen molar-refractivity contribution < 1.29 is 0 Å². The number of hydrogen-bond donors (Lipinski definition) is 0. The molecule has 1 fully saturated rings. The molecular formula is C22H22N2S. The molecule has 4 rings (SSSR count). The molecular weight excluding hydrogens is 324 g/mol. The molecule has 0 atom stereocenters. The zero-order valence-electron chi connectivity index (χ0n) is 14.5. The van der Waals surface area contributed by atoms with E-state index in [2.05, 4.69) is 77.5 Å². The van der Waals surface area contributed by atoms with Gasteiger partial charge in [0.1, 0.15) is 0 Å². The Labute approximate surface area is 153 Å². The average Bonchev–Trinajstić information content (AvgIpc) is 2.68. The molecule has 3 aromatic rings. The minimum Gasteiger partial charge on any atom is -0.370 e. The summed E-state index contributed by atoms with van der Waals surface area (Å²) in [6, 6.07) is 17.2. The molecule has 0 spiro atoms. The smallest absolute Gasteiger partial charge is 0.0650 e. The Balaban J connectivity index is 1.65. The van der Waals surface area contributed by atoms with E-state index in [-0.39, 0.29) is 0 Å². The van der Waals surface area contributed by atoms with Gasteiger partial charge in [0.25, 0.3) is 0 Å². The summed E-state index contributed by atoms with van der Waals surface area (Å²) in [7, 11) is 0. The van der Waals surface area contributed by atoms with Crippen molar-refractivity contribution in [2.45, 2.75) is 6.92 Å². The topological polar surface area (TPSA) is 16.1 Å². The molecule has 0 unspecified atom stereocenters. The number of aromatic nitrogens is 1. The first-order valence-electron chi connectivity index (χ1n) is 8.76. The van der Waals surface area contributed by atoms with Crippen molar-refractivity contribution in [3.63, 3.8) is 0 Å². The lowest BCUT2D eigenvalue weighted by molar-refractivity contribution is 0.852. The molecule has 2 heterocycles. The summed E-state index contributed by atoms with van der Waals surface area (Å²) in [5.41, 5.74) is 4.84. The maximum Gasteiger partial charge on any atom is 0.0650 e. The van der Waals surface area contributed by atoms with Crippen LogP contribution in [-0.4, -0.2) is 29.6 Å². The lowest BCUT2D eigenvalue weighted by atomic mass is 10.0. The molecule has 1 saturated heterocycles. The highest BCUT2D eigenvalue weighted by Gasteiger charge is 2.13. The number of benzene rings is 2. The molecule has 0 amide bonds. The largest absolute Gasteiger partial charge is 0.370 e. The summed E-state index contributed by atoms with van der Waals surface area (Å²) >= 11 is 2.04. The molecule has 0 aliphatic carbocycles. The van der Waals surface area contributed by atoms with Crippen LogP contribution in [-0.2, 0) is 0 Å². The van der Waals surface area contributed by atoms with Crippen LogP contribution in [0.25, 0.3) is 22.9 Å². The van der Waals surface area contributed by atoms with Gasteiger partial charge in [-0.1, -0.05) is 48.5 Å². The van der Waals surface area contributed by atoms with Crippen molar-refractivity contribution in [2.75, 3.05) is 29.5 Å². The fourth-order valence-electron chi connectivity index (χ4n) is 3.34. The van der Waals surface area contributed by atoms with E-state index in [4.69, 9.17) is 0 Å². The Bertz CT molecular complexity index is 906. The van der Waals surface area contributed by atoms with Crippen LogP contribution in [0.4, 0.5) is 5.69 Å². The molecule has 2 nitrogen and oxygen atoms in total. The summed E-state index contributed by atoms with van der Waals surface area (Å²) < 4.78 is 0. The molecule has 0 N–H and O–H groups in total. The number of aryl methyl sites for hydroxylation is 1. The molecule has 1 aromatic heterocycles. The van der Waals surface area contributed by atoms with Crippen LogP contribution in [0.3, 0.4) is 0 Å². The van der Waals surface area contributed by atoms with Crippen LogP contribution < -0.4 is 4.90 Å². The van der Waals surface area contributed by atoms with Gasteiger partial charge >= 0.3 is 0 Å². The third kappa shape index (κ3) is 3.57. The van der Waals surface area contributed by atoms with E-state index in [1.165, 1.54) is 39.1 Å². The minimum absolute atomic E-state index is 1.02. The number of pyridine rings is 1. The van der Waals surface area contributed by atoms with Crippen molar-refractivity contribution in [3.05, 3.63) is 71.5 Å². The van der Waals surface area contributed by atoms with Crippen molar-refractivity contribution in [3.8, 4) is 0 Å². The Morgan fingerprint density at radius 3 is 2.68 bits per heavy atom. The van der Waals surface area contributed by atoms with Crippen LogP contribution >= 0.6 is 11.8 Å². The van der Waals surface area contributed by atoms with Gasteiger partial charge in [-0.15, -0.1) is 0 Å². The van der Waals surface area contributed by atoms with Crippen molar-refractivity contribution >= 4 is 40.4 Å². The summed E-state index contributed by atoms with van der Waals surface area (Å²) in [6.45, 7) is 4.41. The molecule has 0 saturated carbocycles. The highest BCUT2D eigenvalue weighted by molar-refractivity contribution is 7.99. The van der Waals surface area contributed by atoms with E-state index in [9.17, 15) is 0 Å². The predicted octanol–water partition coefficient (Wildman–Crippen LogP) is 5.27. The van der Waals surface area contributed by atoms with Crippen LogP contribution in [0, 0.1) is 6.92 Å². The van der Waals surface area contributed by atoms with E-state index in [0.717, 1.165) is 18.8 Å². The number of fused-ring (bicyclic) bond motifs is 1. The maximum absolute atomic E-state index is 4.61. The molecule has 1 aliphatic rings. The van der Waals surface area contributed by atoms with Gasteiger partial charge in [-0.3, -0.25) is 4.98 Å². The van der Waals surface area contributed by atoms with Gasteiger partial charge in [-0.25, -0.2) is 0 Å². The van der Waals surface area contributed by atoms with Gasteiger partial charge < -0.3 is 4.90 Å². The number of rotatable bonds is 3. The lowest BCUT2D eigenvalue weighted by Crippen LogP contribution is -2.33. The molecule has 0 radical (unpaired) electrons. The van der Waals surface area contributed by atoms with Gasteiger partial charge in [0.15, 0.2) is 0 Å². The van der Waals surface area contributed by atoms with Gasteiger partial charge in [0.05, 0.1) is 5.69 Å². The van der Waals surface area contributed by atoms with E-state index in [1.807, 2.05) is 18.0 Å². The first-order chi connectivity index (χ1) is 12.3. The van der Waals surface area contributed by atoms with Crippen LogP contribution in [0.5, 0.6) is 0 Å². The summed E-state index contributed by atoms with van der Waals surface area (Å²) in [5, 5.41) is 2.55. The third-order valence-corrected chi connectivity index (χ3v) is 5.65. The quantitative estimate of drug-likeness (QED) is 0.643. The maximum atomic E-state index is 4.61. The second-order valence-electron chi connectivity index (χ2n) is 6.40. The highest BCUT2D eigenvalue weighted by Crippen LogP contribution is 2.25. The lowest BCUT2D eigenvalue weighted by Gasteiger charge is -2.29. The molecule has 2 aromatic carbocycles. The molecule has 1 aliphatic heterocycles. The zero-order valence-corrected chi connectivity index (χ0v) is 15.3. The van der Waals surface area contributed by atoms with Crippen molar-refractivity contribution in [2.24, 2.45) is 0 Å². The number of hydrogen-bond acceptors (Lipinski definition) is 3. The van der Waals surface area contributed by atoms with Gasteiger partial charge in [0.2, 0.25) is 0 Å². The van der Waals surface area contributed by atoms with Crippen molar-refractivity contribution in [1.29, 1.82) is 0 Å². The molecule has 126 valence electrons. The summed E-state index contributed by atoms with van der Waals surface area (Å²) in [6.07, 6.45) is 6.30. The fraction of sp³-hybridized carbons (Fsp3) is 0.227. The monoisotopic (exact) mass is 346 g/mol. The molecule has 25 heavy (non-hydrogen) atoms. The zero-order chi connectivity index (χ0) is 17.1. The van der Waals surface area contributed by atoms with Gasteiger partial charge in [0, 0.05) is 36.5 Å². The second kappa shape index (κ2) is 7.32. The van der Waals surface area contributed by atoms with E-state index >= 15 is 0 Å². The number of thioether (sulfide) groups is 1. The molecule has 3 heteroatoms. The van der Waals surface area contributed by atoms with Crippen LogP contribution in [0.2, 0.25) is 0 Å². The Kier molecular flexibility index (Phi) is 4.75. The SMILES string of the molecule is Cc1cnc(C=Cc2cccc3ccccc23)cc1N1CCSCC1. The van der Waals surface area contributed by atoms with E-state index in [1.54, 1.807) is 0 Å². The van der Waals surface area contributed by atoms with Crippen LogP contribution in [0.15, 0.2) is 54.7 Å². The first-order valence-corrected chi connectivity index (χ1v) is 9.92. The fourth-order valence-corrected chi connectivity index (χ4v) is 4.24. The average molecular weight is 346 g/mol. The summed E-state index contributed by atoms with van der Waals surface area (Å²) in [5.74, 6) is 2.42. The third-order valence-electron chi connectivity index (χ3n) is 4.70. The van der Waals surface area contributed by atoms with Crippen LogP contribution in [0.1, 0.15) is 16.8 Å². The number of anilines is 1. The summed E-state index contributed by atoms with van der Waals surface area (Å²) in [4.78, 5) is 7.10. The van der Waals surface area contributed by atoms with Gasteiger partial charge in [-0.2, -0.15) is 11.8 Å². The van der Waals surface area contributed by atoms with E-state index < -0.39 is 0 Å². The molecule has 0 bridgehead atoms. The predicted molar refractivity (Wildman–Crippen MR) is 111 cm³/mol. The Morgan fingerprint density at radius 2 is 1.80 bits per heavy atom. The van der Waals surface area contributed by atoms with E-state index in [0.29, 0.717) is 0 Å². The highest BCUT2D eigenvalue weighted by atomic mass is 32.2. The second-order valence-corrected chi connectivity index (χ2v) is 7.62. The Morgan fingerprint density at radius 1 is 1.00 bits per heavy atom. The van der Waals surface area contributed by atoms with Crippen molar-refractivity contribution in [1.82, 2.24) is 4.98 Å². The van der Waals surface area contributed by atoms with Gasteiger partial charge in [-0.05, 0) is 41.0 Å². The minimum atomic E-state index is 1.02. The Hall–Kier alpha value is -2.26. The standard InChI is InChI=1S/C22H22N2S/c1-17-16-23-20(15-22(17)24-11-13-25-14-12-24)10-9-19-7-4-6-18-5-2-3-8-21(18)19/h2-10,15-16H,11-14H2,1H3.